The van der Waals surface area contributed by atoms with Gasteiger partial charge >= 0.3 is 0 Å². The van der Waals surface area contributed by atoms with Crippen LogP contribution in [0.3, 0.4) is 0 Å². The lowest BCUT2D eigenvalue weighted by Gasteiger charge is -2.16. The molecule has 2 amide bonds. The van der Waals surface area contributed by atoms with Crippen molar-refractivity contribution in [2.45, 2.75) is 57.9 Å². The molecule has 5 nitrogen and oxygen atoms in total. The van der Waals surface area contributed by atoms with Gasteiger partial charge in [0.05, 0.1) is 11.1 Å². The molecule has 0 saturated heterocycles. The number of amides is 2. The molecule has 0 aliphatic carbocycles. The number of fused-ring (bicyclic) bond motifs is 1. The maximum atomic E-state index is 12.6. The monoisotopic (exact) mass is 341 g/mol. The van der Waals surface area contributed by atoms with Gasteiger partial charge in [0.2, 0.25) is 5.91 Å². The van der Waals surface area contributed by atoms with E-state index in [4.69, 9.17) is 5.73 Å². The van der Waals surface area contributed by atoms with Crippen LogP contribution in [0.4, 0.5) is 0 Å². The number of hydrogen-bond donors (Lipinski definition) is 2. The van der Waals surface area contributed by atoms with E-state index in [0.29, 0.717) is 17.5 Å². The van der Waals surface area contributed by atoms with Crippen molar-refractivity contribution in [1.29, 1.82) is 0 Å². The highest BCUT2D eigenvalue weighted by Gasteiger charge is 2.20. The Bertz CT molecular complexity index is 710. The first-order chi connectivity index (χ1) is 12.1. The minimum Gasteiger partial charge on any atom is -0.368 e. The summed E-state index contributed by atoms with van der Waals surface area (Å²) in [5.74, 6) is -0.797. The Morgan fingerprint density at radius 1 is 1.08 bits per heavy atom. The number of nitrogens with zero attached hydrogens (tertiary/aromatic N) is 1. The maximum Gasteiger partial charge on any atom is 0.254 e. The molecule has 1 atom stereocenters. The quantitative estimate of drug-likeness (QED) is 0.648. The van der Waals surface area contributed by atoms with Gasteiger partial charge in [-0.05, 0) is 18.6 Å². The number of rotatable bonds is 10. The van der Waals surface area contributed by atoms with Gasteiger partial charge in [-0.3, -0.25) is 14.6 Å². The largest absolute Gasteiger partial charge is 0.368 e. The summed E-state index contributed by atoms with van der Waals surface area (Å²) in [5, 5.41) is 3.66. The zero-order valence-electron chi connectivity index (χ0n) is 14.8. The Balaban J connectivity index is 1.96. The Morgan fingerprint density at radius 2 is 1.80 bits per heavy atom. The number of unbranched alkanes of at least 4 members (excludes halogenated alkanes) is 5. The molecule has 0 spiro atoms. The van der Waals surface area contributed by atoms with E-state index in [0.717, 1.165) is 24.6 Å². The van der Waals surface area contributed by atoms with Crippen LogP contribution in [-0.4, -0.2) is 22.8 Å². The highest BCUT2D eigenvalue weighted by Crippen LogP contribution is 2.16. The van der Waals surface area contributed by atoms with Crippen molar-refractivity contribution in [2.75, 3.05) is 0 Å². The summed E-state index contributed by atoms with van der Waals surface area (Å²) in [4.78, 5) is 28.6. The first-order valence-corrected chi connectivity index (χ1v) is 9.07. The zero-order valence-corrected chi connectivity index (χ0v) is 14.8. The van der Waals surface area contributed by atoms with E-state index in [-0.39, 0.29) is 5.91 Å². The Kier molecular flexibility index (Phi) is 7.38. The number of aromatic nitrogens is 1. The third kappa shape index (κ3) is 5.55. The second-order valence-corrected chi connectivity index (χ2v) is 6.37. The lowest BCUT2D eigenvalue weighted by Crippen LogP contribution is -2.44. The van der Waals surface area contributed by atoms with E-state index < -0.39 is 11.9 Å². The minimum atomic E-state index is -0.641. The summed E-state index contributed by atoms with van der Waals surface area (Å²) in [6.45, 7) is 2.18. The summed E-state index contributed by atoms with van der Waals surface area (Å²) in [6, 6.07) is 8.52. The molecule has 1 aromatic carbocycles. The fourth-order valence-corrected chi connectivity index (χ4v) is 2.94. The fourth-order valence-electron chi connectivity index (χ4n) is 2.94. The van der Waals surface area contributed by atoms with Gasteiger partial charge in [0.1, 0.15) is 6.04 Å². The molecule has 0 fully saturated rings. The summed E-state index contributed by atoms with van der Waals surface area (Å²) < 4.78 is 0. The molecular weight excluding hydrogens is 314 g/mol. The molecular formula is C20H27N3O2. The number of para-hydroxylation sites is 1. The van der Waals surface area contributed by atoms with Gasteiger partial charge in [-0.15, -0.1) is 0 Å². The summed E-state index contributed by atoms with van der Waals surface area (Å²) in [7, 11) is 0. The maximum absolute atomic E-state index is 12.6. The first kappa shape index (κ1) is 18.9. The van der Waals surface area contributed by atoms with Gasteiger partial charge in [-0.25, -0.2) is 0 Å². The predicted molar refractivity (Wildman–Crippen MR) is 100 cm³/mol. The number of nitrogens with one attached hydrogen (secondary N) is 1. The van der Waals surface area contributed by atoms with Gasteiger partial charge in [0, 0.05) is 11.6 Å². The topological polar surface area (TPSA) is 85.1 Å². The summed E-state index contributed by atoms with van der Waals surface area (Å²) in [5.41, 5.74) is 6.56. The highest BCUT2D eigenvalue weighted by molar-refractivity contribution is 6.06. The average Bonchev–Trinajstić information content (AvgIpc) is 2.62. The number of pyridine rings is 1. The minimum absolute atomic E-state index is 0.306. The molecule has 0 aliphatic rings. The number of carbonyl (C=O) groups excluding carboxylic acids is 2. The van der Waals surface area contributed by atoms with Crippen LogP contribution in [0.2, 0.25) is 0 Å². The van der Waals surface area contributed by atoms with Crippen LogP contribution in [0.15, 0.2) is 36.5 Å². The van der Waals surface area contributed by atoms with Crippen molar-refractivity contribution < 1.29 is 9.59 Å². The van der Waals surface area contributed by atoms with Gasteiger partial charge in [0.15, 0.2) is 0 Å². The van der Waals surface area contributed by atoms with Gasteiger partial charge in [-0.1, -0.05) is 63.6 Å². The van der Waals surface area contributed by atoms with Crippen LogP contribution in [0, 0.1) is 0 Å². The van der Waals surface area contributed by atoms with Crippen molar-refractivity contribution in [2.24, 2.45) is 5.73 Å². The van der Waals surface area contributed by atoms with Gasteiger partial charge in [-0.2, -0.15) is 0 Å². The van der Waals surface area contributed by atoms with Crippen molar-refractivity contribution in [3.05, 3.63) is 42.1 Å². The fraction of sp³-hybridized carbons (Fsp3) is 0.450. The third-order valence-electron chi connectivity index (χ3n) is 4.37. The molecule has 0 radical (unpaired) electrons. The summed E-state index contributed by atoms with van der Waals surface area (Å²) in [6.07, 6.45) is 8.97. The number of hydrogen-bond acceptors (Lipinski definition) is 3. The molecule has 2 rings (SSSR count). The van der Waals surface area contributed by atoms with Crippen molar-refractivity contribution >= 4 is 22.7 Å². The van der Waals surface area contributed by atoms with Crippen LogP contribution in [0.25, 0.3) is 10.9 Å². The predicted octanol–water partition coefficient (Wildman–Crippen LogP) is 3.57. The van der Waals surface area contributed by atoms with E-state index in [1.807, 2.05) is 24.3 Å². The number of primary amides is 1. The lowest BCUT2D eigenvalue weighted by molar-refractivity contribution is -0.120. The SMILES string of the molecule is CCCCCCCC[C@@H](NC(=O)c1cccc2cccnc12)C(N)=O. The molecule has 2 aromatic rings. The number of benzene rings is 1. The molecule has 25 heavy (non-hydrogen) atoms. The number of carbonyl (C=O) groups is 2. The van der Waals surface area contributed by atoms with E-state index >= 15 is 0 Å². The molecule has 3 N–H and O–H groups in total. The van der Waals surface area contributed by atoms with E-state index in [1.54, 1.807) is 12.3 Å². The lowest BCUT2D eigenvalue weighted by atomic mass is 10.0. The van der Waals surface area contributed by atoms with Crippen LogP contribution in [0.5, 0.6) is 0 Å². The van der Waals surface area contributed by atoms with Crippen LogP contribution in [-0.2, 0) is 4.79 Å². The van der Waals surface area contributed by atoms with Crippen molar-refractivity contribution in [3.63, 3.8) is 0 Å². The van der Waals surface area contributed by atoms with Crippen molar-refractivity contribution in [3.8, 4) is 0 Å². The molecule has 0 bridgehead atoms. The third-order valence-corrected chi connectivity index (χ3v) is 4.37. The Labute approximate surface area is 149 Å². The van der Waals surface area contributed by atoms with Gasteiger partial charge < -0.3 is 11.1 Å². The molecule has 134 valence electrons. The summed E-state index contributed by atoms with van der Waals surface area (Å²) >= 11 is 0. The second kappa shape index (κ2) is 9.77. The highest BCUT2D eigenvalue weighted by atomic mass is 16.2. The molecule has 0 saturated carbocycles. The first-order valence-electron chi connectivity index (χ1n) is 9.07. The second-order valence-electron chi connectivity index (χ2n) is 6.37. The zero-order chi connectivity index (χ0) is 18.1. The Morgan fingerprint density at radius 3 is 2.56 bits per heavy atom. The molecule has 1 aromatic heterocycles. The van der Waals surface area contributed by atoms with Crippen LogP contribution < -0.4 is 11.1 Å². The Hall–Kier alpha value is -2.43. The van der Waals surface area contributed by atoms with Crippen molar-refractivity contribution in [1.82, 2.24) is 10.3 Å². The van der Waals surface area contributed by atoms with Gasteiger partial charge in [0.25, 0.3) is 5.91 Å². The smallest absolute Gasteiger partial charge is 0.254 e. The standard InChI is InChI=1S/C20H27N3O2/c1-2-3-4-5-6-7-13-17(19(21)24)23-20(25)16-12-8-10-15-11-9-14-22-18(15)16/h8-12,14,17H,2-7,13H2,1H3,(H2,21,24)(H,23,25)/t17-/m1/s1. The van der Waals surface area contributed by atoms with Crippen LogP contribution in [0.1, 0.15) is 62.2 Å². The molecule has 0 unspecified atom stereocenters. The average molecular weight is 341 g/mol. The van der Waals surface area contributed by atoms with Crippen LogP contribution >= 0.6 is 0 Å². The normalized spacial score (nSPS) is 12.0. The molecule has 1 heterocycles. The molecule has 0 aliphatic heterocycles. The van der Waals surface area contributed by atoms with E-state index in [2.05, 4.69) is 17.2 Å². The molecule has 5 heteroatoms. The van der Waals surface area contributed by atoms with E-state index in [9.17, 15) is 9.59 Å². The number of nitrogens with two attached hydrogens (primary N) is 1. The van der Waals surface area contributed by atoms with E-state index in [1.165, 1.54) is 19.3 Å².